The zero-order chi connectivity index (χ0) is 45.2. The summed E-state index contributed by atoms with van der Waals surface area (Å²) in [6.07, 6.45) is 14.3. The second kappa shape index (κ2) is 23.8. The Kier molecular flexibility index (Phi) is 17.4. The van der Waals surface area contributed by atoms with Crippen LogP contribution in [0.3, 0.4) is 0 Å². The van der Waals surface area contributed by atoms with Crippen LogP contribution in [0.15, 0.2) is 243 Å². The first-order chi connectivity index (χ1) is 32.5. The van der Waals surface area contributed by atoms with Crippen LogP contribution in [0.25, 0.3) is 43.1 Å². The molecule has 0 aliphatic rings. The molecule has 0 saturated heterocycles. The molecule has 0 radical (unpaired) electrons. The summed E-state index contributed by atoms with van der Waals surface area (Å²) < 4.78 is 0. The van der Waals surface area contributed by atoms with Gasteiger partial charge < -0.3 is 12.8 Å². The Morgan fingerprint density at radius 3 is 0.897 bits per heavy atom. The van der Waals surface area contributed by atoms with E-state index in [9.17, 15) is 0 Å². The predicted molar refractivity (Wildman–Crippen MR) is 291 cm³/mol. The van der Waals surface area contributed by atoms with Crippen molar-refractivity contribution in [3.05, 3.63) is 278 Å². The second-order valence-electron chi connectivity index (χ2n) is 16.4. The Morgan fingerprint density at radius 2 is 0.574 bits per heavy atom. The van der Waals surface area contributed by atoms with Crippen molar-refractivity contribution in [3.8, 4) is 11.8 Å². The molecule has 0 aliphatic carbocycles. The Hall–Kier alpha value is -6.08. The Bertz CT molecular complexity index is 3210. The van der Waals surface area contributed by atoms with E-state index in [1.165, 1.54) is 75.3 Å². The number of benzene rings is 11. The van der Waals surface area contributed by atoms with Crippen LogP contribution in [-0.2, 0) is 44.8 Å². The van der Waals surface area contributed by atoms with Gasteiger partial charge >= 0.3 is 44.8 Å². The molecule has 68 heavy (non-hydrogen) atoms. The van der Waals surface area contributed by atoms with E-state index in [4.69, 9.17) is 12.8 Å². The van der Waals surface area contributed by atoms with E-state index >= 15 is 0 Å². The molecule has 0 bridgehead atoms. The van der Waals surface area contributed by atoms with Crippen molar-refractivity contribution in [2.45, 2.75) is 13.8 Å². The van der Waals surface area contributed by atoms with Gasteiger partial charge in [-0.3, -0.25) is 11.8 Å². The van der Waals surface area contributed by atoms with Crippen molar-refractivity contribution in [3.63, 3.8) is 0 Å². The van der Waals surface area contributed by atoms with Gasteiger partial charge in [0, 0.05) is 0 Å². The monoisotopic (exact) mass is 1270 g/mol. The summed E-state index contributed by atoms with van der Waals surface area (Å²) in [4.78, 5) is 0. The summed E-state index contributed by atoms with van der Waals surface area (Å²) in [7, 11) is -2.36. The normalized spacial score (nSPS) is 10.5. The minimum Gasteiger partial charge on any atom is -0.366 e. The molecule has 0 saturated carbocycles. The van der Waals surface area contributed by atoms with E-state index in [2.05, 4.69) is 232 Å². The van der Waals surface area contributed by atoms with Crippen molar-refractivity contribution < 1.29 is 44.8 Å². The zero-order valence-electron chi connectivity index (χ0n) is 37.7. The van der Waals surface area contributed by atoms with Crippen LogP contribution in [0.2, 0.25) is 0 Å². The summed E-state index contributed by atoms with van der Waals surface area (Å²) in [5.74, 6) is 4.83. The fourth-order valence-electron chi connectivity index (χ4n) is 8.79. The molecule has 4 heteroatoms. The zero-order valence-corrected chi connectivity index (χ0v) is 44.0. The Balaban J connectivity index is 0.000000167. The average Bonchev–Trinajstić information content (AvgIpc) is 3.39. The van der Waals surface area contributed by atoms with Gasteiger partial charge in [0.2, 0.25) is 0 Å². The van der Waals surface area contributed by atoms with Crippen molar-refractivity contribution in [2.75, 3.05) is 0 Å². The van der Waals surface area contributed by atoms with Gasteiger partial charge in [0.05, 0.1) is 0 Å². The van der Waals surface area contributed by atoms with E-state index < -0.39 is 15.8 Å². The van der Waals surface area contributed by atoms with Crippen LogP contribution >= 0.6 is 15.8 Å². The SMILES string of the molecule is Cc1cc([PH+](c2ccccc2)c2ccccc2)c([PH+](c2ccccc2)c2ccccc2)cc1C.[Au+].[Au+].[C-]#Cc1ccc2c(ccc3ccccc32)c1.[C-]#Cc1ccc2c(ccc3ccccc32)c1. The minimum atomic E-state index is -1.18. The van der Waals surface area contributed by atoms with Gasteiger partial charge in [-0.25, -0.2) is 0 Å². The van der Waals surface area contributed by atoms with E-state index in [-0.39, 0.29) is 44.8 Å². The molecule has 0 aliphatic heterocycles. The molecule has 0 spiro atoms. The first-order valence-electron chi connectivity index (χ1n) is 22.2. The number of rotatable bonds is 6. The maximum Gasteiger partial charge on any atom is 1.00 e. The summed E-state index contributed by atoms with van der Waals surface area (Å²) >= 11 is 0. The van der Waals surface area contributed by atoms with Gasteiger partial charge in [0.15, 0.2) is 0 Å². The van der Waals surface area contributed by atoms with Crippen LogP contribution in [0.4, 0.5) is 0 Å². The van der Waals surface area contributed by atoms with Crippen LogP contribution in [0, 0.1) is 38.5 Å². The first kappa shape index (κ1) is 49.8. The Morgan fingerprint density at radius 1 is 0.294 bits per heavy atom. The van der Waals surface area contributed by atoms with E-state index in [1.54, 1.807) is 0 Å². The average molecular weight is 1270 g/mol. The molecule has 11 aromatic rings. The molecule has 0 fully saturated rings. The van der Waals surface area contributed by atoms with Crippen molar-refractivity contribution in [2.24, 2.45) is 0 Å². The predicted octanol–water partition coefficient (Wildman–Crippen LogP) is 13.1. The van der Waals surface area contributed by atoms with E-state index in [1.807, 2.05) is 36.4 Å². The van der Waals surface area contributed by atoms with Gasteiger partial charge in [0.1, 0.15) is 47.7 Å². The molecule has 11 rings (SSSR count). The van der Waals surface area contributed by atoms with E-state index in [0.717, 1.165) is 21.9 Å². The molecule has 0 amide bonds. The van der Waals surface area contributed by atoms with E-state index in [0.29, 0.717) is 0 Å². The van der Waals surface area contributed by atoms with Gasteiger partial charge in [0.25, 0.3) is 0 Å². The fourth-order valence-corrected chi connectivity index (χ4v) is 15.0. The summed E-state index contributed by atoms with van der Waals surface area (Å²) in [5.41, 5.74) is 4.39. The molecular formula is C64H48Au2P2+2. The third-order valence-corrected chi connectivity index (χ3v) is 18.0. The molecule has 0 nitrogen and oxygen atoms in total. The topological polar surface area (TPSA) is 0 Å². The minimum absolute atomic E-state index is 0. The van der Waals surface area contributed by atoms with Gasteiger partial charge in [-0.05, 0) is 129 Å². The smallest absolute Gasteiger partial charge is 0.366 e. The van der Waals surface area contributed by atoms with Crippen LogP contribution in [-0.4, -0.2) is 0 Å². The van der Waals surface area contributed by atoms with Crippen LogP contribution in [0.1, 0.15) is 22.3 Å². The summed E-state index contributed by atoms with van der Waals surface area (Å²) in [6.45, 7) is 4.52. The third-order valence-electron chi connectivity index (χ3n) is 12.2. The quantitative estimate of drug-likeness (QED) is 0.0512. The number of hydrogen-bond donors (Lipinski definition) is 0. The molecule has 0 unspecified atom stereocenters. The Labute approximate surface area is 435 Å². The van der Waals surface area contributed by atoms with Crippen LogP contribution < -0.4 is 31.8 Å². The van der Waals surface area contributed by atoms with Crippen LogP contribution in [0.5, 0.6) is 0 Å². The van der Waals surface area contributed by atoms with Crippen molar-refractivity contribution in [1.29, 1.82) is 0 Å². The second-order valence-corrected chi connectivity index (χ2v) is 21.3. The van der Waals surface area contributed by atoms with Gasteiger partial charge in [-0.1, -0.05) is 158 Å². The number of hydrogen-bond acceptors (Lipinski definition) is 0. The summed E-state index contributed by atoms with van der Waals surface area (Å²) in [6, 6.07) is 86.6. The molecule has 0 N–H and O–H groups in total. The maximum atomic E-state index is 7.13. The van der Waals surface area contributed by atoms with Crippen molar-refractivity contribution >= 4 is 90.8 Å². The largest absolute Gasteiger partial charge is 1.00 e. The molecular weight excluding hydrogens is 1220 g/mol. The standard InChI is InChI=1S/C32H28P2.2C16H9.2Au/c1-25-23-31(33(27-15-7-3-8-16-27)28-17-9-4-10-18-28)32(24-26(25)2)34(29-19-11-5-12-20-29)30-21-13-6-14-22-30;2*1-2-12-7-10-16-14(11-12)9-8-13-5-3-4-6-15(13)16;;/h3-24H,1-2H3;2*3-11H;;/q;2*-1;2*+1/p+2. The van der Waals surface area contributed by atoms with Gasteiger partial charge in [-0.15, -0.1) is 35.4 Å². The molecule has 0 heterocycles. The van der Waals surface area contributed by atoms with Gasteiger partial charge in [-0.2, -0.15) is 0 Å². The molecule has 11 aromatic carbocycles. The molecule has 0 atom stereocenters. The fraction of sp³-hybridized carbons (Fsp3) is 0.0312. The van der Waals surface area contributed by atoms with Crippen molar-refractivity contribution in [1.82, 2.24) is 0 Å². The number of fused-ring (bicyclic) bond motifs is 6. The molecule has 0 aromatic heterocycles. The first-order valence-corrected chi connectivity index (χ1v) is 25.2. The summed E-state index contributed by atoms with van der Waals surface area (Å²) in [5, 5.41) is 18.6. The number of aryl methyl sites for hydroxylation is 2. The third kappa shape index (κ3) is 11.3. The molecule has 334 valence electrons. The maximum absolute atomic E-state index is 7.13.